The Kier molecular flexibility index (Phi) is 4.92. The minimum atomic E-state index is 0.579. The lowest BCUT2D eigenvalue weighted by atomic mass is 10.2. The lowest BCUT2D eigenvalue weighted by Crippen LogP contribution is -2.38. The van der Waals surface area contributed by atoms with E-state index in [1.165, 1.54) is 5.56 Å². The zero-order chi connectivity index (χ0) is 16.1. The average Bonchev–Trinajstić information content (AvgIpc) is 3.13. The smallest absolute Gasteiger partial charge is 0.194 e. The van der Waals surface area contributed by atoms with Crippen LogP contribution >= 0.6 is 11.3 Å². The highest BCUT2D eigenvalue weighted by atomic mass is 32.1. The summed E-state index contributed by atoms with van der Waals surface area (Å²) < 4.78 is 2.04. The van der Waals surface area contributed by atoms with Crippen molar-refractivity contribution in [2.24, 2.45) is 4.99 Å². The number of fused-ring (bicyclic) bond motifs is 1. The molecule has 0 atom stereocenters. The molecule has 0 aliphatic rings. The van der Waals surface area contributed by atoms with E-state index >= 15 is 0 Å². The van der Waals surface area contributed by atoms with Gasteiger partial charge in [-0.3, -0.25) is 4.40 Å². The first-order valence-electron chi connectivity index (χ1n) is 7.70. The largest absolute Gasteiger partial charge is 0.357 e. The number of hydrogen-bond donors (Lipinski definition) is 1. The summed E-state index contributed by atoms with van der Waals surface area (Å²) in [6, 6.07) is 10.4. The maximum absolute atomic E-state index is 4.71. The molecule has 0 saturated heterocycles. The van der Waals surface area contributed by atoms with Gasteiger partial charge < -0.3 is 10.2 Å². The second-order valence-corrected chi connectivity index (χ2v) is 6.21. The van der Waals surface area contributed by atoms with Crippen LogP contribution in [0.4, 0.5) is 0 Å². The molecular weight excluding hydrogens is 306 g/mol. The molecular formula is C17H21N5S. The number of thiazole rings is 1. The quantitative estimate of drug-likeness (QED) is 0.579. The zero-order valence-electron chi connectivity index (χ0n) is 13.4. The van der Waals surface area contributed by atoms with E-state index < -0.39 is 0 Å². The first-order chi connectivity index (χ1) is 11.3. The Morgan fingerprint density at radius 1 is 1.35 bits per heavy atom. The van der Waals surface area contributed by atoms with Gasteiger partial charge in [-0.25, -0.2) is 9.98 Å². The number of nitrogens with zero attached hydrogens (tertiary/aromatic N) is 4. The van der Waals surface area contributed by atoms with Crippen molar-refractivity contribution in [2.75, 3.05) is 13.6 Å². The Morgan fingerprint density at radius 3 is 2.91 bits per heavy atom. The molecule has 0 aliphatic carbocycles. The minimum Gasteiger partial charge on any atom is -0.357 e. The third kappa shape index (κ3) is 3.90. The second kappa shape index (κ2) is 7.28. The third-order valence-electron chi connectivity index (χ3n) is 3.49. The molecule has 2 aromatic heterocycles. The van der Waals surface area contributed by atoms with E-state index in [9.17, 15) is 0 Å². The van der Waals surface area contributed by atoms with Gasteiger partial charge in [0.15, 0.2) is 10.9 Å². The van der Waals surface area contributed by atoms with E-state index in [2.05, 4.69) is 53.4 Å². The number of imidazole rings is 1. The Balaban J connectivity index is 1.70. The molecule has 0 aliphatic heterocycles. The molecule has 0 radical (unpaired) electrons. The van der Waals surface area contributed by atoms with Crippen molar-refractivity contribution in [3.05, 3.63) is 59.4 Å². The van der Waals surface area contributed by atoms with Crippen molar-refractivity contribution in [2.45, 2.75) is 20.0 Å². The topological polar surface area (TPSA) is 44.9 Å². The van der Waals surface area contributed by atoms with Gasteiger partial charge in [0, 0.05) is 37.9 Å². The molecule has 23 heavy (non-hydrogen) atoms. The molecule has 5 nitrogen and oxygen atoms in total. The summed E-state index contributed by atoms with van der Waals surface area (Å²) in [5.41, 5.74) is 2.25. The summed E-state index contributed by atoms with van der Waals surface area (Å²) in [4.78, 5) is 12.4. The summed E-state index contributed by atoms with van der Waals surface area (Å²) in [6.45, 7) is 4.33. The summed E-state index contributed by atoms with van der Waals surface area (Å²) in [7, 11) is 2.06. The van der Waals surface area contributed by atoms with Crippen LogP contribution in [0.1, 0.15) is 18.2 Å². The van der Waals surface area contributed by atoms with Crippen molar-refractivity contribution in [3.63, 3.8) is 0 Å². The van der Waals surface area contributed by atoms with Crippen molar-refractivity contribution in [3.8, 4) is 0 Å². The average molecular weight is 327 g/mol. The van der Waals surface area contributed by atoms with Gasteiger partial charge >= 0.3 is 0 Å². The van der Waals surface area contributed by atoms with Crippen LogP contribution in [0.5, 0.6) is 0 Å². The Bertz CT molecular complexity index is 746. The summed E-state index contributed by atoms with van der Waals surface area (Å²) in [5, 5.41) is 5.38. The fraction of sp³-hybridized carbons (Fsp3) is 0.294. The van der Waals surface area contributed by atoms with Crippen LogP contribution < -0.4 is 5.32 Å². The van der Waals surface area contributed by atoms with Crippen LogP contribution in [-0.2, 0) is 13.1 Å². The highest BCUT2D eigenvalue weighted by molar-refractivity contribution is 7.15. The molecule has 1 N–H and O–H groups in total. The molecule has 6 heteroatoms. The molecule has 0 spiro atoms. The Morgan fingerprint density at radius 2 is 2.17 bits per heavy atom. The van der Waals surface area contributed by atoms with Crippen LogP contribution in [0.15, 0.2) is 53.1 Å². The summed E-state index contributed by atoms with van der Waals surface area (Å²) >= 11 is 1.64. The predicted octanol–water partition coefficient (Wildman–Crippen LogP) is 2.99. The molecule has 0 bridgehead atoms. The van der Waals surface area contributed by atoms with E-state index in [-0.39, 0.29) is 0 Å². The molecule has 2 heterocycles. The first-order valence-corrected chi connectivity index (χ1v) is 8.58. The van der Waals surface area contributed by atoms with Crippen LogP contribution in [-0.4, -0.2) is 33.8 Å². The molecule has 0 saturated carbocycles. The van der Waals surface area contributed by atoms with Gasteiger partial charge in [0.25, 0.3) is 0 Å². The zero-order valence-corrected chi connectivity index (χ0v) is 14.3. The van der Waals surface area contributed by atoms with Gasteiger partial charge in [0.1, 0.15) is 0 Å². The van der Waals surface area contributed by atoms with Crippen molar-refractivity contribution < 1.29 is 0 Å². The Labute approximate surface area is 140 Å². The van der Waals surface area contributed by atoms with E-state index in [0.29, 0.717) is 6.54 Å². The summed E-state index contributed by atoms with van der Waals surface area (Å²) in [6.07, 6.45) is 4.06. The van der Waals surface area contributed by atoms with Crippen molar-refractivity contribution in [1.82, 2.24) is 19.6 Å². The van der Waals surface area contributed by atoms with Crippen LogP contribution in [0.25, 0.3) is 4.96 Å². The fourth-order valence-electron chi connectivity index (χ4n) is 2.41. The van der Waals surface area contributed by atoms with E-state index in [0.717, 1.165) is 29.7 Å². The third-order valence-corrected chi connectivity index (χ3v) is 4.26. The van der Waals surface area contributed by atoms with Gasteiger partial charge in [0.05, 0.1) is 12.2 Å². The van der Waals surface area contributed by atoms with E-state index in [4.69, 9.17) is 4.99 Å². The number of rotatable bonds is 5. The van der Waals surface area contributed by atoms with Crippen LogP contribution in [0, 0.1) is 0 Å². The number of aliphatic imine (C=N–C) groups is 1. The lowest BCUT2D eigenvalue weighted by Gasteiger charge is -2.22. The lowest BCUT2D eigenvalue weighted by molar-refractivity contribution is 0.476. The maximum atomic E-state index is 4.71. The SMILES string of the molecule is CCNC(=NCc1cn2ccsc2n1)N(C)Cc1ccccc1. The first kappa shape index (κ1) is 15.6. The fourth-order valence-corrected chi connectivity index (χ4v) is 3.13. The van der Waals surface area contributed by atoms with Crippen molar-refractivity contribution >= 4 is 22.3 Å². The number of guanidine groups is 1. The highest BCUT2D eigenvalue weighted by Gasteiger charge is 2.07. The van der Waals surface area contributed by atoms with Gasteiger partial charge in [-0.2, -0.15) is 0 Å². The monoisotopic (exact) mass is 327 g/mol. The van der Waals surface area contributed by atoms with Crippen LogP contribution in [0.3, 0.4) is 0 Å². The van der Waals surface area contributed by atoms with E-state index in [1.54, 1.807) is 11.3 Å². The van der Waals surface area contributed by atoms with Crippen molar-refractivity contribution in [1.29, 1.82) is 0 Å². The molecule has 120 valence electrons. The number of hydrogen-bond acceptors (Lipinski definition) is 3. The second-order valence-electron chi connectivity index (χ2n) is 5.34. The highest BCUT2D eigenvalue weighted by Crippen LogP contribution is 2.12. The van der Waals surface area contributed by atoms with Crippen LogP contribution in [0.2, 0.25) is 0 Å². The molecule has 3 rings (SSSR count). The molecule has 3 aromatic rings. The number of benzene rings is 1. The Hall–Kier alpha value is -2.34. The minimum absolute atomic E-state index is 0.579. The number of nitrogens with one attached hydrogen (secondary N) is 1. The normalized spacial score (nSPS) is 11.8. The standard InChI is InChI=1S/C17H21N5S/c1-3-18-16(21(2)12-14-7-5-4-6-8-14)19-11-15-13-22-9-10-23-17(22)20-15/h4-10,13H,3,11-12H2,1-2H3,(H,18,19). The van der Waals surface area contributed by atoms with Gasteiger partial charge in [-0.15, -0.1) is 11.3 Å². The van der Waals surface area contributed by atoms with Gasteiger partial charge in [0.2, 0.25) is 0 Å². The number of aromatic nitrogens is 2. The summed E-state index contributed by atoms with van der Waals surface area (Å²) in [5.74, 6) is 0.896. The van der Waals surface area contributed by atoms with Gasteiger partial charge in [-0.05, 0) is 12.5 Å². The van der Waals surface area contributed by atoms with Gasteiger partial charge in [-0.1, -0.05) is 30.3 Å². The molecule has 0 amide bonds. The molecule has 0 unspecified atom stereocenters. The maximum Gasteiger partial charge on any atom is 0.194 e. The molecule has 0 fully saturated rings. The van der Waals surface area contributed by atoms with E-state index in [1.807, 2.05) is 28.2 Å². The predicted molar refractivity (Wildman–Crippen MR) is 95.8 cm³/mol. The molecule has 1 aromatic carbocycles.